The second kappa shape index (κ2) is 10.5. The van der Waals surface area contributed by atoms with Crippen molar-refractivity contribution >= 4 is 46.6 Å². The molecule has 0 aliphatic heterocycles. The van der Waals surface area contributed by atoms with Crippen LogP contribution in [0.3, 0.4) is 0 Å². The Morgan fingerprint density at radius 1 is 1.03 bits per heavy atom. The number of carbonyl (C=O) groups is 2. The standard InChI is InChI=1S/C22H24ClN5O2S/c1-4-28-19(12-20(29)24-16-10-8-14(2)9-11-16)26-27-22(28)31-13-21(30)25-18-7-5-6-17(23)15(18)3/h5-11H,4,12-13H2,1-3H3,(H,24,29)(H,25,30). The van der Waals surface area contributed by atoms with Gasteiger partial charge in [0.1, 0.15) is 5.82 Å². The smallest absolute Gasteiger partial charge is 0.234 e. The number of amides is 2. The number of carbonyl (C=O) groups excluding carboxylic acids is 2. The van der Waals surface area contributed by atoms with E-state index < -0.39 is 0 Å². The van der Waals surface area contributed by atoms with Gasteiger partial charge >= 0.3 is 0 Å². The summed E-state index contributed by atoms with van der Waals surface area (Å²) in [6.07, 6.45) is 0.100. The number of anilines is 2. The topological polar surface area (TPSA) is 88.9 Å². The number of aryl methyl sites for hydroxylation is 1. The van der Waals surface area contributed by atoms with E-state index in [0.29, 0.717) is 28.2 Å². The SMILES string of the molecule is CCn1c(CC(=O)Nc2ccc(C)cc2)nnc1SCC(=O)Nc1cccc(Cl)c1C. The Morgan fingerprint density at radius 2 is 1.77 bits per heavy atom. The summed E-state index contributed by atoms with van der Waals surface area (Å²) >= 11 is 7.38. The van der Waals surface area contributed by atoms with Crippen molar-refractivity contribution in [3.8, 4) is 0 Å². The largest absolute Gasteiger partial charge is 0.326 e. The van der Waals surface area contributed by atoms with Gasteiger partial charge in [0.2, 0.25) is 11.8 Å². The second-order valence-electron chi connectivity index (χ2n) is 6.98. The number of nitrogens with zero attached hydrogens (tertiary/aromatic N) is 3. The van der Waals surface area contributed by atoms with Crippen LogP contribution in [-0.4, -0.2) is 32.3 Å². The maximum atomic E-state index is 12.4. The summed E-state index contributed by atoms with van der Waals surface area (Å²) < 4.78 is 1.84. The number of thioether (sulfide) groups is 1. The van der Waals surface area contributed by atoms with Gasteiger partial charge in [-0.15, -0.1) is 10.2 Å². The summed E-state index contributed by atoms with van der Waals surface area (Å²) in [5.74, 6) is 0.386. The fourth-order valence-electron chi connectivity index (χ4n) is 2.92. The molecule has 3 rings (SSSR count). The van der Waals surface area contributed by atoms with Crippen LogP contribution in [0.2, 0.25) is 5.02 Å². The van der Waals surface area contributed by atoms with Crippen molar-refractivity contribution in [1.29, 1.82) is 0 Å². The lowest BCUT2D eigenvalue weighted by atomic mass is 10.2. The molecule has 3 aromatic rings. The first kappa shape index (κ1) is 22.8. The summed E-state index contributed by atoms with van der Waals surface area (Å²) in [5, 5.41) is 15.2. The highest BCUT2D eigenvalue weighted by molar-refractivity contribution is 7.99. The molecule has 162 valence electrons. The van der Waals surface area contributed by atoms with Gasteiger partial charge in [-0.25, -0.2) is 0 Å². The first-order valence-electron chi connectivity index (χ1n) is 9.83. The molecule has 2 N–H and O–H groups in total. The Hall–Kier alpha value is -2.84. The number of hydrogen-bond donors (Lipinski definition) is 2. The van der Waals surface area contributed by atoms with Crippen LogP contribution in [0.1, 0.15) is 23.9 Å². The minimum Gasteiger partial charge on any atom is -0.326 e. The van der Waals surface area contributed by atoms with Crippen molar-refractivity contribution in [2.75, 3.05) is 16.4 Å². The molecule has 1 heterocycles. The van der Waals surface area contributed by atoms with Gasteiger partial charge in [0.15, 0.2) is 5.16 Å². The quantitative estimate of drug-likeness (QED) is 0.487. The number of hydrogen-bond acceptors (Lipinski definition) is 5. The van der Waals surface area contributed by atoms with Crippen molar-refractivity contribution in [3.63, 3.8) is 0 Å². The molecule has 0 aliphatic carbocycles. The zero-order chi connectivity index (χ0) is 22.4. The zero-order valence-corrected chi connectivity index (χ0v) is 19.2. The van der Waals surface area contributed by atoms with Crippen LogP contribution in [-0.2, 0) is 22.6 Å². The first-order chi connectivity index (χ1) is 14.9. The summed E-state index contributed by atoms with van der Waals surface area (Å²) in [6.45, 7) is 6.39. The van der Waals surface area contributed by atoms with Crippen molar-refractivity contribution < 1.29 is 9.59 Å². The third kappa shape index (κ3) is 6.08. The maximum absolute atomic E-state index is 12.4. The van der Waals surface area contributed by atoms with Crippen molar-refractivity contribution in [2.45, 2.75) is 38.9 Å². The molecule has 0 bridgehead atoms. The molecule has 9 heteroatoms. The van der Waals surface area contributed by atoms with E-state index in [1.807, 2.05) is 55.7 Å². The highest BCUT2D eigenvalue weighted by Gasteiger charge is 2.16. The van der Waals surface area contributed by atoms with Crippen LogP contribution in [0.5, 0.6) is 0 Å². The summed E-state index contributed by atoms with van der Waals surface area (Å²) in [7, 11) is 0. The lowest BCUT2D eigenvalue weighted by Crippen LogP contribution is -2.18. The van der Waals surface area contributed by atoms with Gasteiger partial charge in [-0.3, -0.25) is 9.59 Å². The Morgan fingerprint density at radius 3 is 2.48 bits per heavy atom. The molecule has 0 unspecified atom stereocenters. The normalized spacial score (nSPS) is 10.7. The van der Waals surface area contributed by atoms with E-state index in [2.05, 4.69) is 20.8 Å². The van der Waals surface area contributed by atoms with E-state index in [4.69, 9.17) is 11.6 Å². The summed E-state index contributed by atoms with van der Waals surface area (Å²) in [6, 6.07) is 13.0. The molecule has 0 saturated heterocycles. The average Bonchev–Trinajstić information content (AvgIpc) is 3.13. The van der Waals surface area contributed by atoms with Crippen LogP contribution in [0.4, 0.5) is 11.4 Å². The van der Waals surface area contributed by atoms with Crippen LogP contribution >= 0.6 is 23.4 Å². The predicted molar refractivity (Wildman–Crippen MR) is 125 cm³/mol. The summed E-state index contributed by atoms with van der Waals surface area (Å²) in [5.41, 5.74) is 3.37. The van der Waals surface area contributed by atoms with E-state index in [1.54, 1.807) is 12.1 Å². The van der Waals surface area contributed by atoms with Crippen LogP contribution in [0.25, 0.3) is 0 Å². The fraction of sp³-hybridized carbons (Fsp3) is 0.273. The van der Waals surface area contributed by atoms with E-state index >= 15 is 0 Å². The molecule has 0 spiro atoms. The molecular formula is C22H24ClN5O2S. The van der Waals surface area contributed by atoms with Crippen molar-refractivity contribution in [3.05, 3.63) is 64.4 Å². The number of rotatable bonds is 8. The third-order valence-corrected chi connectivity index (χ3v) is 6.01. The first-order valence-corrected chi connectivity index (χ1v) is 11.2. The Balaban J connectivity index is 1.59. The van der Waals surface area contributed by atoms with E-state index in [9.17, 15) is 9.59 Å². The molecule has 0 fully saturated rings. The molecule has 2 aromatic carbocycles. The molecule has 1 aromatic heterocycles. The Bertz CT molecular complexity index is 1080. The molecule has 7 nitrogen and oxygen atoms in total. The van der Waals surface area contributed by atoms with Gasteiger partial charge in [0, 0.05) is 22.9 Å². The van der Waals surface area contributed by atoms with E-state index in [1.165, 1.54) is 11.8 Å². The highest BCUT2D eigenvalue weighted by atomic mass is 35.5. The number of aromatic nitrogens is 3. The molecule has 0 radical (unpaired) electrons. The van der Waals surface area contributed by atoms with Gasteiger partial charge in [-0.2, -0.15) is 0 Å². The van der Waals surface area contributed by atoms with Gasteiger partial charge in [-0.1, -0.05) is 47.1 Å². The minimum atomic E-state index is -0.170. The number of nitrogens with one attached hydrogen (secondary N) is 2. The number of halogens is 1. The van der Waals surface area contributed by atoms with Crippen molar-refractivity contribution in [2.24, 2.45) is 0 Å². The lowest BCUT2D eigenvalue weighted by Gasteiger charge is -2.10. The molecular weight excluding hydrogens is 434 g/mol. The molecule has 2 amide bonds. The number of benzene rings is 2. The Labute approximate surface area is 190 Å². The van der Waals surface area contributed by atoms with Gasteiger partial charge in [0.05, 0.1) is 12.2 Å². The fourth-order valence-corrected chi connectivity index (χ4v) is 3.91. The monoisotopic (exact) mass is 457 g/mol. The minimum absolute atomic E-state index is 0.100. The van der Waals surface area contributed by atoms with Gasteiger partial charge in [0.25, 0.3) is 0 Å². The molecule has 31 heavy (non-hydrogen) atoms. The predicted octanol–water partition coefficient (Wildman–Crippen LogP) is 4.48. The second-order valence-corrected chi connectivity index (χ2v) is 8.33. The van der Waals surface area contributed by atoms with E-state index in [0.717, 1.165) is 16.8 Å². The van der Waals surface area contributed by atoms with Gasteiger partial charge in [-0.05, 0) is 50.6 Å². The maximum Gasteiger partial charge on any atom is 0.234 e. The van der Waals surface area contributed by atoms with Crippen LogP contribution in [0, 0.1) is 13.8 Å². The van der Waals surface area contributed by atoms with E-state index in [-0.39, 0.29) is 24.0 Å². The summed E-state index contributed by atoms with van der Waals surface area (Å²) in [4.78, 5) is 24.8. The highest BCUT2D eigenvalue weighted by Crippen LogP contribution is 2.24. The molecule has 0 saturated carbocycles. The van der Waals surface area contributed by atoms with Crippen LogP contribution < -0.4 is 10.6 Å². The molecule has 0 aliphatic rings. The average molecular weight is 458 g/mol. The van der Waals surface area contributed by atoms with Crippen molar-refractivity contribution in [1.82, 2.24) is 14.8 Å². The lowest BCUT2D eigenvalue weighted by molar-refractivity contribution is -0.116. The molecule has 0 atom stereocenters. The Kier molecular flexibility index (Phi) is 7.70. The third-order valence-electron chi connectivity index (χ3n) is 4.64. The zero-order valence-electron chi connectivity index (χ0n) is 17.6. The van der Waals surface area contributed by atoms with Crippen LogP contribution in [0.15, 0.2) is 47.6 Å². The van der Waals surface area contributed by atoms with Gasteiger partial charge < -0.3 is 15.2 Å².